The highest BCUT2D eigenvalue weighted by Gasteiger charge is 2.43. The minimum absolute atomic E-state index is 0.195. The van der Waals surface area contributed by atoms with Gasteiger partial charge in [-0.3, -0.25) is 25.7 Å². The van der Waals surface area contributed by atoms with E-state index in [9.17, 15) is 20.2 Å². The molecule has 0 aromatic heterocycles. The van der Waals surface area contributed by atoms with E-state index in [-0.39, 0.29) is 17.1 Å². The number of hydrogen-bond acceptors (Lipinski definition) is 6. The van der Waals surface area contributed by atoms with Crippen LogP contribution in [0.2, 0.25) is 0 Å². The summed E-state index contributed by atoms with van der Waals surface area (Å²) in [6.07, 6.45) is 9.79. The number of fused-ring (bicyclic) bond motifs is 2. The summed E-state index contributed by atoms with van der Waals surface area (Å²) in [5, 5.41) is 26.5. The molecule has 2 bridgehead atoms. The fraction of sp³-hybridized carbons (Fsp3) is 0.632. The van der Waals surface area contributed by atoms with Gasteiger partial charge in [0.05, 0.1) is 15.9 Å². The first-order valence-corrected chi connectivity index (χ1v) is 9.75. The Bertz CT molecular complexity index is 794. The van der Waals surface area contributed by atoms with Crippen LogP contribution < -0.4 is 5.43 Å². The van der Waals surface area contributed by atoms with E-state index in [2.05, 4.69) is 10.5 Å². The van der Waals surface area contributed by atoms with Gasteiger partial charge in [0.15, 0.2) is 0 Å². The second-order valence-corrected chi connectivity index (χ2v) is 8.20. The molecule has 3 aliphatic carbocycles. The van der Waals surface area contributed by atoms with Crippen LogP contribution in [-0.4, -0.2) is 15.6 Å². The molecule has 1 aromatic rings. The number of nitrogens with zero attached hydrogens (tertiary/aromatic N) is 3. The summed E-state index contributed by atoms with van der Waals surface area (Å²) in [6.45, 7) is 0. The average Bonchev–Trinajstić information content (AvgIpc) is 3.30. The summed E-state index contributed by atoms with van der Waals surface area (Å²) in [5.41, 5.74) is 3.43. The molecule has 144 valence electrons. The van der Waals surface area contributed by atoms with Crippen molar-refractivity contribution in [2.75, 3.05) is 5.43 Å². The van der Waals surface area contributed by atoms with Gasteiger partial charge in [0.2, 0.25) is 0 Å². The van der Waals surface area contributed by atoms with E-state index in [0.717, 1.165) is 48.8 Å². The molecule has 4 atom stereocenters. The maximum atomic E-state index is 11.2. The Balaban J connectivity index is 1.46. The molecule has 0 spiro atoms. The molecule has 0 amide bonds. The lowest BCUT2D eigenvalue weighted by molar-refractivity contribution is -0.393. The van der Waals surface area contributed by atoms with Crippen LogP contribution in [0.4, 0.5) is 17.1 Å². The number of nitro benzene ring substituents is 2. The van der Waals surface area contributed by atoms with Crippen molar-refractivity contribution in [2.24, 2.45) is 28.8 Å². The Labute approximate surface area is 157 Å². The summed E-state index contributed by atoms with van der Waals surface area (Å²) < 4.78 is 0. The van der Waals surface area contributed by atoms with Crippen molar-refractivity contribution in [3.05, 3.63) is 38.4 Å². The number of nitro groups is 2. The van der Waals surface area contributed by atoms with Gasteiger partial charge in [-0.25, -0.2) is 0 Å². The fourth-order valence-corrected chi connectivity index (χ4v) is 5.43. The lowest BCUT2D eigenvalue weighted by atomic mass is 9.72. The van der Waals surface area contributed by atoms with Crippen LogP contribution >= 0.6 is 0 Å². The molecule has 27 heavy (non-hydrogen) atoms. The summed E-state index contributed by atoms with van der Waals surface area (Å²) in [4.78, 5) is 20.8. The number of hydrazone groups is 1. The molecule has 3 aliphatic rings. The first kappa shape index (κ1) is 17.9. The topological polar surface area (TPSA) is 111 Å². The molecule has 4 rings (SSSR count). The normalized spacial score (nSPS) is 31.2. The van der Waals surface area contributed by atoms with Gasteiger partial charge in [0, 0.05) is 11.8 Å². The predicted molar refractivity (Wildman–Crippen MR) is 102 cm³/mol. The third-order valence-electron chi connectivity index (χ3n) is 6.66. The van der Waals surface area contributed by atoms with Gasteiger partial charge in [-0.05, 0) is 74.7 Å². The molecule has 3 fully saturated rings. The molecule has 0 unspecified atom stereocenters. The van der Waals surface area contributed by atoms with Crippen molar-refractivity contribution in [1.29, 1.82) is 0 Å². The van der Waals surface area contributed by atoms with Crippen molar-refractivity contribution in [3.63, 3.8) is 0 Å². The molecule has 3 saturated carbocycles. The average molecular weight is 372 g/mol. The molecule has 8 heteroatoms. The van der Waals surface area contributed by atoms with E-state index in [4.69, 9.17) is 0 Å². The summed E-state index contributed by atoms with van der Waals surface area (Å²) in [5.74, 6) is 3.33. The van der Waals surface area contributed by atoms with Crippen LogP contribution in [0.15, 0.2) is 23.3 Å². The van der Waals surface area contributed by atoms with E-state index in [1.165, 1.54) is 44.2 Å². The molecule has 1 aromatic carbocycles. The highest BCUT2D eigenvalue weighted by Crippen LogP contribution is 2.53. The predicted octanol–water partition coefficient (Wildman–Crippen LogP) is 4.90. The molecule has 8 nitrogen and oxygen atoms in total. The second-order valence-electron chi connectivity index (χ2n) is 8.20. The number of rotatable bonds is 5. The highest BCUT2D eigenvalue weighted by molar-refractivity contribution is 5.86. The molecule has 0 saturated heterocycles. The molecular formula is C19H24N4O4. The van der Waals surface area contributed by atoms with Crippen LogP contribution in [0, 0.1) is 43.9 Å². The van der Waals surface area contributed by atoms with Crippen LogP contribution in [0.3, 0.4) is 0 Å². The summed E-state index contributed by atoms with van der Waals surface area (Å²) in [6, 6.07) is 3.59. The number of non-ortho nitro benzene ring substituents is 1. The number of anilines is 1. The quantitative estimate of drug-likeness (QED) is 0.584. The Hall–Kier alpha value is -2.51. The van der Waals surface area contributed by atoms with Gasteiger partial charge in [0.1, 0.15) is 5.69 Å². The van der Waals surface area contributed by atoms with Crippen molar-refractivity contribution in [2.45, 2.75) is 51.4 Å². The van der Waals surface area contributed by atoms with Gasteiger partial charge in [-0.15, -0.1) is 0 Å². The SMILES string of the molecule is O=[N+]([O-])c1ccc(N/N=C2\CCC[C@@H]([C@H]3C[C@H]4CC[C@H]3C4)C2)c([N+](=O)[O-])c1. The smallest absolute Gasteiger partial charge is 0.272 e. The van der Waals surface area contributed by atoms with Crippen LogP contribution in [0.25, 0.3) is 0 Å². The minimum atomic E-state index is -0.635. The lowest BCUT2D eigenvalue weighted by Gasteiger charge is -2.33. The highest BCUT2D eigenvalue weighted by atomic mass is 16.6. The summed E-state index contributed by atoms with van der Waals surface area (Å²) in [7, 11) is 0. The van der Waals surface area contributed by atoms with E-state index in [0.29, 0.717) is 5.92 Å². The fourth-order valence-electron chi connectivity index (χ4n) is 5.43. The van der Waals surface area contributed by atoms with Crippen molar-refractivity contribution < 1.29 is 9.85 Å². The molecule has 0 aliphatic heterocycles. The number of benzene rings is 1. The van der Waals surface area contributed by atoms with E-state index < -0.39 is 9.85 Å². The van der Waals surface area contributed by atoms with Crippen LogP contribution in [0.5, 0.6) is 0 Å². The molecular weight excluding hydrogens is 348 g/mol. The first-order chi connectivity index (χ1) is 13.0. The Morgan fingerprint density at radius 2 is 1.89 bits per heavy atom. The molecule has 0 heterocycles. The molecule has 1 N–H and O–H groups in total. The van der Waals surface area contributed by atoms with E-state index in [1.807, 2.05) is 0 Å². The van der Waals surface area contributed by atoms with E-state index >= 15 is 0 Å². The van der Waals surface area contributed by atoms with Crippen molar-refractivity contribution >= 4 is 22.8 Å². The zero-order valence-corrected chi connectivity index (χ0v) is 15.2. The molecule has 0 radical (unpaired) electrons. The minimum Gasteiger partial charge on any atom is -0.272 e. The van der Waals surface area contributed by atoms with Gasteiger partial charge >= 0.3 is 5.69 Å². The lowest BCUT2D eigenvalue weighted by Crippen LogP contribution is -2.27. The second kappa shape index (κ2) is 7.25. The van der Waals surface area contributed by atoms with Gasteiger partial charge in [-0.2, -0.15) is 5.10 Å². The van der Waals surface area contributed by atoms with Gasteiger partial charge < -0.3 is 0 Å². The third kappa shape index (κ3) is 3.65. The zero-order valence-electron chi connectivity index (χ0n) is 15.2. The van der Waals surface area contributed by atoms with Gasteiger partial charge in [0.25, 0.3) is 5.69 Å². The van der Waals surface area contributed by atoms with Crippen molar-refractivity contribution in [3.8, 4) is 0 Å². The Morgan fingerprint density at radius 1 is 1.04 bits per heavy atom. The zero-order chi connectivity index (χ0) is 19.0. The largest absolute Gasteiger partial charge is 0.301 e. The van der Waals surface area contributed by atoms with Crippen LogP contribution in [0.1, 0.15) is 51.4 Å². The Kier molecular flexibility index (Phi) is 4.80. The summed E-state index contributed by atoms with van der Waals surface area (Å²) >= 11 is 0. The van der Waals surface area contributed by atoms with Gasteiger partial charge in [-0.1, -0.05) is 6.42 Å². The maximum absolute atomic E-state index is 11.2. The van der Waals surface area contributed by atoms with Crippen molar-refractivity contribution in [1.82, 2.24) is 0 Å². The standard InChI is InChI=1S/C19H24N4O4/c24-22(25)16-6-7-18(19(11-16)23(26)27)21-20-15-3-1-2-13(10-15)17-9-12-4-5-14(17)8-12/h6-7,11-14,17,21H,1-5,8-10H2/b20-15+/t12-,13+,14-,17+/m0/s1. The number of hydrogen-bond donors (Lipinski definition) is 1. The monoisotopic (exact) mass is 372 g/mol. The first-order valence-electron chi connectivity index (χ1n) is 9.75. The maximum Gasteiger partial charge on any atom is 0.301 e. The third-order valence-corrected chi connectivity index (χ3v) is 6.66. The van der Waals surface area contributed by atoms with Crippen LogP contribution in [-0.2, 0) is 0 Å². The Morgan fingerprint density at radius 3 is 2.56 bits per heavy atom. The number of nitrogens with one attached hydrogen (secondary N) is 1. The van der Waals surface area contributed by atoms with E-state index in [1.54, 1.807) is 0 Å².